The Morgan fingerprint density at radius 2 is 2.44 bits per heavy atom. The number of carbonyl (C=O) groups excluding carboxylic acids is 1. The monoisotopic (exact) mass is 128 g/mol. The van der Waals surface area contributed by atoms with Gasteiger partial charge in [0.15, 0.2) is 0 Å². The van der Waals surface area contributed by atoms with E-state index in [-0.39, 0.29) is 12.8 Å². The molecule has 3 N–H and O–H groups in total. The number of aliphatic hydroxyl groups excluding tert-OH is 1. The molecule has 0 saturated heterocycles. The van der Waals surface area contributed by atoms with E-state index < -0.39 is 12.0 Å². The van der Waals surface area contributed by atoms with Crippen molar-refractivity contribution in [2.45, 2.75) is 18.9 Å². The summed E-state index contributed by atoms with van der Waals surface area (Å²) in [5.41, 5.74) is 4.72. The number of nitrogens with zero attached hydrogens (tertiary/aromatic N) is 1. The van der Waals surface area contributed by atoms with Gasteiger partial charge in [-0.3, -0.25) is 4.79 Å². The third-order valence-corrected chi connectivity index (χ3v) is 0.764. The molecule has 0 aromatic carbocycles. The predicted octanol–water partition coefficient (Wildman–Crippen LogP) is -0.864. The predicted molar refractivity (Wildman–Crippen MR) is 30.0 cm³/mol. The number of nitrogens with two attached hydrogens (primary N) is 1. The van der Waals surface area contributed by atoms with Crippen LogP contribution in [-0.2, 0) is 4.79 Å². The molecule has 0 aliphatic heterocycles. The van der Waals surface area contributed by atoms with Crippen molar-refractivity contribution in [1.29, 1.82) is 5.26 Å². The smallest absolute Gasteiger partial charge is 0.220 e. The topological polar surface area (TPSA) is 87.1 Å². The van der Waals surface area contributed by atoms with E-state index in [9.17, 15) is 4.79 Å². The Bertz CT molecular complexity index is 138. The first-order valence-electron chi connectivity index (χ1n) is 2.50. The van der Waals surface area contributed by atoms with Crippen LogP contribution in [-0.4, -0.2) is 17.1 Å². The standard InChI is InChI=1S/C5H8N2O2/c6-2-1-4(8)3-5(7)9/h4,8H,1,3H2,(H2,7,9)/t4-/m1/s1. The van der Waals surface area contributed by atoms with Crippen molar-refractivity contribution in [3.05, 3.63) is 0 Å². The average Bonchev–Trinajstić information content (AvgIpc) is 1.63. The van der Waals surface area contributed by atoms with E-state index in [1.165, 1.54) is 0 Å². The second-order valence-corrected chi connectivity index (χ2v) is 1.69. The third-order valence-electron chi connectivity index (χ3n) is 0.764. The van der Waals surface area contributed by atoms with Gasteiger partial charge >= 0.3 is 0 Å². The molecule has 0 spiro atoms. The molecule has 0 unspecified atom stereocenters. The molecular weight excluding hydrogens is 120 g/mol. The Morgan fingerprint density at radius 3 is 2.78 bits per heavy atom. The largest absolute Gasteiger partial charge is 0.392 e. The maximum Gasteiger partial charge on any atom is 0.220 e. The van der Waals surface area contributed by atoms with E-state index in [1.54, 1.807) is 6.07 Å². The van der Waals surface area contributed by atoms with Crippen molar-refractivity contribution in [3.8, 4) is 6.07 Å². The second-order valence-electron chi connectivity index (χ2n) is 1.69. The fourth-order valence-corrected chi connectivity index (χ4v) is 0.410. The van der Waals surface area contributed by atoms with Crippen molar-refractivity contribution in [1.82, 2.24) is 0 Å². The molecular formula is C5H8N2O2. The molecule has 4 nitrogen and oxygen atoms in total. The van der Waals surface area contributed by atoms with E-state index in [1.807, 2.05) is 0 Å². The first-order chi connectivity index (χ1) is 4.16. The lowest BCUT2D eigenvalue weighted by molar-refractivity contribution is -0.119. The van der Waals surface area contributed by atoms with Crippen molar-refractivity contribution in [3.63, 3.8) is 0 Å². The van der Waals surface area contributed by atoms with Gasteiger partial charge < -0.3 is 10.8 Å². The Labute approximate surface area is 52.9 Å². The summed E-state index contributed by atoms with van der Waals surface area (Å²) < 4.78 is 0. The zero-order valence-corrected chi connectivity index (χ0v) is 4.87. The molecule has 0 radical (unpaired) electrons. The van der Waals surface area contributed by atoms with E-state index >= 15 is 0 Å². The van der Waals surface area contributed by atoms with Crippen LogP contribution in [0.4, 0.5) is 0 Å². The van der Waals surface area contributed by atoms with E-state index in [4.69, 9.17) is 16.1 Å². The number of rotatable bonds is 3. The Hall–Kier alpha value is -1.08. The van der Waals surface area contributed by atoms with E-state index in [0.29, 0.717) is 0 Å². The molecule has 0 rings (SSSR count). The zero-order chi connectivity index (χ0) is 7.28. The van der Waals surface area contributed by atoms with Crippen LogP contribution in [0.3, 0.4) is 0 Å². The Kier molecular flexibility index (Phi) is 3.40. The summed E-state index contributed by atoms with van der Waals surface area (Å²) in [5, 5.41) is 16.7. The molecule has 1 amide bonds. The number of nitriles is 1. The van der Waals surface area contributed by atoms with Crippen LogP contribution in [0.2, 0.25) is 0 Å². The fraction of sp³-hybridized carbons (Fsp3) is 0.600. The molecule has 0 heterocycles. The summed E-state index contributed by atoms with van der Waals surface area (Å²) in [6.07, 6.45) is -1.07. The van der Waals surface area contributed by atoms with E-state index in [2.05, 4.69) is 0 Å². The van der Waals surface area contributed by atoms with Crippen LogP contribution in [0.5, 0.6) is 0 Å². The van der Waals surface area contributed by atoms with Gasteiger partial charge in [-0.1, -0.05) is 0 Å². The van der Waals surface area contributed by atoms with Crippen molar-refractivity contribution < 1.29 is 9.90 Å². The van der Waals surface area contributed by atoms with Crippen LogP contribution in [0, 0.1) is 11.3 Å². The maximum absolute atomic E-state index is 10.0. The number of hydrogen-bond donors (Lipinski definition) is 2. The van der Waals surface area contributed by atoms with Crippen LogP contribution in [0.15, 0.2) is 0 Å². The maximum atomic E-state index is 10.0. The van der Waals surface area contributed by atoms with Gasteiger partial charge in [-0.15, -0.1) is 0 Å². The van der Waals surface area contributed by atoms with Crippen LogP contribution in [0.1, 0.15) is 12.8 Å². The second kappa shape index (κ2) is 3.87. The summed E-state index contributed by atoms with van der Waals surface area (Å²) in [6, 6.07) is 1.72. The minimum Gasteiger partial charge on any atom is -0.392 e. The van der Waals surface area contributed by atoms with Gasteiger partial charge in [-0.2, -0.15) is 5.26 Å². The highest BCUT2D eigenvalue weighted by atomic mass is 16.3. The average molecular weight is 128 g/mol. The number of hydrogen-bond acceptors (Lipinski definition) is 3. The van der Waals surface area contributed by atoms with Gasteiger partial charge in [0.2, 0.25) is 5.91 Å². The first kappa shape index (κ1) is 7.92. The van der Waals surface area contributed by atoms with E-state index in [0.717, 1.165) is 0 Å². The molecule has 9 heavy (non-hydrogen) atoms. The molecule has 0 saturated carbocycles. The molecule has 0 aromatic rings. The zero-order valence-electron chi connectivity index (χ0n) is 4.87. The van der Waals surface area contributed by atoms with Gasteiger partial charge in [-0.05, 0) is 0 Å². The van der Waals surface area contributed by atoms with Crippen molar-refractivity contribution in [2.75, 3.05) is 0 Å². The van der Waals surface area contributed by atoms with Crippen LogP contribution in [0.25, 0.3) is 0 Å². The van der Waals surface area contributed by atoms with Crippen molar-refractivity contribution >= 4 is 5.91 Å². The molecule has 0 bridgehead atoms. The van der Waals surface area contributed by atoms with Gasteiger partial charge in [0.05, 0.1) is 25.0 Å². The normalized spacial score (nSPS) is 12.0. The lowest BCUT2D eigenvalue weighted by Gasteiger charge is -1.99. The van der Waals surface area contributed by atoms with Gasteiger partial charge in [-0.25, -0.2) is 0 Å². The highest BCUT2D eigenvalue weighted by molar-refractivity contribution is 5.74. The highest BCUT2D eigenvalue weighted by Gasteiger charge is 2.05. The van der Waals surface area contributed by atoms with Crippen LogP contribution >= 0.6 is 0 Å². The number of aliphatic hydroxyl groups is 1. The molecule has 0 aliphatic carbocycles. The first-order valence-corrected chi connectivity index (χ1v) is 2.50. The minimum atomic E-state index is -0.896. The summed E-state index contributed by atoms with van der Waals surface area (Å²) in [7, 11) is 0. The summed E-state index contributed by atoms with van der Waals surface area (Å²) in [4.78, 5) is 10.0. The van der Waals surface area contributed by atoms with Gasteiger partial charge in [0.1, 0.15) is 0 Å². The number of carbonyl (C=O) groups is 1. The molecule has 0 aromatic heterocycles. The number of amides is 1. The summed E-state index contributed by atoms with van der Waals surface area (Å²) in [5.74, 6) is -0.585. The third kappa shape index (κ3) is 4.78. The molecule has 0 aliphatic rings. The molecule has 4 heteroatoms. The minimum absolute atomic E-state index is 0.0388. The summed E-state index contributed by atoms with van der Waals surface area (Å²) >= 11 is 0. The molecule has 50 valence electrons. The summed E-state index contributed by atoms with van der Waals surface area (Å²) in [6.45, 7) is 0. The lowest BCUT2D eigenvalue weighted by Crippen LogP contribution is -2.19. The number of primary amides is 1. The Morgan fingerprint density at radius 1 is 1.89 bits per heavy atom. The van der Waals surface area contributed by atoms with Gasteiger partial charge in [0.25, 0.3) is 0 Å². The molecule has 1 atom stereocenters. The Balaban J connectivity index is 3.40. The SMILES string of the molecule is N#CC[C@@H](O)CC(N)=O. The van der Waals surface area contributed by atoms with Gasteiger partial charge in [0, 0.05) is 0 Å². The quantitative estimate of drug-likeness (QED) is 0.518. The van der Waals surface area contributed by atoms with Crippen LogP contribution < -0.4 is 5.73 Å². The molecule has 0 fully saturated rings. The highest BCUT2D eigenvalue weighted by Crippen LogP contribution is 1.93. The lowest BCUT2D eigenvalue weighted by atomic mass is 10.2. The van der Waals surface area contributed by atoms with Crippen molar-refractivity contribution in [2.24, 2.45) is 5.73 Å². The fourth-order valence-electron chi connectivity index (χ4n) is 0.410.